The summed E-state index contributed by atoms with van der Waals surface area (Å²) in [5.74, 6) is -0.239. The molecule has 0 aliphatic carbocycles. The standard InChI is InChI=1S/C13H7ClFNS/c14-13-12-10(5-6-17-12)11(7-16-13)8-1-3-9(15)4-2-8/h1-7H. The van der Waals surface area contributed by atoms with Crippen LogP contribution in [0.5, 0.6) is 0 Å². The fraction of sp³-hybridized carbons (Fsp3) is 0. The number of hydrogen-bond donors (Lipinski definition) is 0. The zero-order valence-corrected chi connectivity index (χ0v) is 10.2. The van der Waals surface area contributed by atoms with Crippen molar-refractivity contribution in [3.8, 4) is 11.1 Å². The Balaban J connectivity index is 2.27. The summed E-state index contributed by atoms with van der Waals surface area (Å²) in [6, 6.07) is 8.39. The molecule has 0 fully saturated rings. The Morgan fingerprint density at radius 1 is 1.12 bits per heavy atom. The van der Waals surface area contributed by atoms with Gasteiger partial charge in [-0.1, -0.05) is 23.7 Å². The van der Waals surface area contributed by atoms with Crippen molar-refractivity contribution in [1.29, 1.82) is 0 Å². The Kier molecular flexibility index (Phi) is 2.57. The van der Waals surface area contributed by atoms with E-state index in [-0.39, 0.29) is 5.82 Å². The molecule has 0 N–H and O–H groups in total. The Morgan fingerprint density at radius 2 is 1.88 bits per heavy atom. The highest BCUT2D eigenvalue weighted by atomic mass is 35.5. The molecule has 0 bridgehead atoms. The molecule has 0 saturated heterocycles. The summed E-state index contributed by atoms with van der Waals surface area (Å²) in [6.07, 6.45) is 1.73. The van der Waals surface area contributed by atoms with Crippen molar-refractivity contribution in [3.05, 3.63) is 52.9 Å². The molecule has 0 amide bonds. The minimum atomic E-state index is -0.239. The zero-order chi connectivity index (χ0) is 11.8. The minimum Gasteiger partial charge on any atom is -0.242 e. The van der Waals surface area contributed by atoms with Crippen molar-refractivity contribution in [3.63, 3.8) is 0 Å². The number of nitrogens with zero attached hydrogens (tertiary/aromatic N) is 1. The number of halogens is 2. The van der Waals surface area contributed by atoms with E-state index in [1.54, 1.807) is 29.7 Å². The van der Waals surface area contributed by atoms with Crippen molar-refractivity contribution in [2.45, 2.75) is 0 Å². The summed E-state index contributed by atoms with van der Waals surface area (Å²) < 4.78 is 13.9. The average Bonchev–Trinajstić information content (AvgIpc) is 2.81. The summed E-state index contributed by atoms with van der Waals surface area (Å²) in [4.78, 5) is 4.16. The van der Waals surface area contributed by atoms with Crippen LogP contribution in [0.3, 0.4) is 0 Å². The van der Waals surface area contributed by atoms with Crippen LogP contribution < -0.4 is 0 Å². The van der Waals surface area contributed by atoms with E-state index in [4.69, 9.17) is 11.6 Å². The highest BCUT2D eigenvalue weighted by Gasteiger charge is 2.08. The van der Waals surface area contributed by atoms with Gasteiger partial charge in [0.15, 0.2) is 0 Å². The Labute approximate surface area is 106 Å². The number of fused-ring (bicyclic) bond motifs is 1. The molecule has 0 aliphatic rings. The lowest BCUT2D eigenvalue weighted by Gasteiger charge is -2.04. The van der Waals surface area contributed by atoms with Gasteiger partial charge in [-0.25, -0.2) is 9.37 Å². The summed E-state index contributed by atoms with van der Waals surface area (Å²) >= 11 is 7.58. The molecule has 17 heavy (non-hydrogen) atoms. The second-order valence-corrected chi connectivity index (χ2v) is 4.91. The van der Waals surface area contributed by atoms with Crippen molar-refractivity contribution < 1.29 is 4.39 Å². The normalized spacial score (nSPS) is 10.9. The quantitative estimate of drug-likeness (QED) is 0.577. The van der Waals surface area contributed by atoms with E-state index in [0.717, 1.165) is 21.2 Å². The number of rotatable bonds is 1. The van der Waals surface area contributed by atoms with E-state index >= 15 is 0 Å². The van der Waals surface area contributed by atoms with Crippen LogP contribution in [0.4, 0.5) is 4.39 Å². The third kappa shape index (κ3) is 1.81. The molecule has 0 radical (unpaired) electrons. The lowest BCUT2D eigenvalue weighted by atomic mass is 10.0. The van der Waals surface area contributed by atoms with Gasteiger partial charge in [0.05, 0.1) is 4.70 Å². The summed E-state index contributed by atoms with van der Waals surface area (Å²) in [6.45, 7) is 0. The van der Waals surface area contributed by atoms with Gasteiger partial charge in [0.1, 0.15) is 11.0 Å². The molecule has 2 heterocycles. The van der Waals surface area contributed by atoms with Gasteiger partial charge in [-0.15, -0.1) is 11.3 Å². The summed E-state index contributed by atoms with van der Waals surface area (Å²) in [5.41, 5.74) is 1.92. The number of benzene rings is 1. The molecule has 0 unspecified atom stereocenters. The first kappa shape index (κ1) is 10.7. The lowest BCUT2D eigenvalue weighted by Crippen LogP contribution is -1.83. The number of pyridine rings is 1. The first-order valence-electron chi connectivity index (χ1n) is 5.03. The van der Waals surface area contributed by atoms with Crippen LogP contribution in [-0.4, -0.2) is 4.98 Å². The van der Waals surface area contributed by atoms with Gasteiger partial charge >= 0.3 is 0 Å². The van der Waals surface area contributed by atoms with E-state index in [1.165, 1.54) is 12.1 Å². The average molecular weight is 264 g/mol. The van der Waals surface area contributed by atoms with Gasteiger partial charge in [-0.2, -0.15) is 0 Å². The third-order valence-corrected chi connectivity index (χ3v) is 3.92. The highest BCUT2D eigenvalue weighted by Crippen LogP contribution is 2.34. The molecule has 3 aromatic rings. The van der Waals surface area contributed by atoms with Gasteiger partial charge in [0.25, 0.3) is 0 Å². The maximum absolute atomic E-state index is 12.9. The largest absolute Gasteiger partial charge is 0.242 e. The van der Waals surface area contributed by atoms with Crippen molar-refractivity contribution in [2.24, 2.45) is 0 Å². The molecule has 0 saturated carbocycles. The van der Waals surface area contributed by atoms with Crippen LogP contribution in [0.15, 0.2) is 41.9 Å². The fourth-order valence-corrected chi connectivity index (χ4v) is 2.87. The number of hydrogen-bond acceptors (Lipinski definition) is 2. The van der Waals surface area contributed by atoms with Crippen LogP contribution in [0.2, 0.25) is 5.15 Å². The molecule has 3 rings (SSSR count). The van der Waals surface area contributed by atoms with Crippen LogP contribution in [-0.2, 0) is 0 Å². The zero-order valence-electron chi connectivity index (χ0n) is 8.65. The molecule has 1 nitrogen and oxygen atoms in total. The molecular formula is C13H7ClFNS. The monoisotopic (exact) mass is 263 g/mol. The van der Waals surface area contributed by atoms with Crippen LogP contribution in [0, 0.1) is 5.82 Å². The summed E-state index contributed by atoms with van der Waals surface area (Å²) in [5, 5.41) is 3.55. The van der Waals surface area contributed by atoms with Gasteiger partial charge in [-0.05, 0) is 29.1 Å². The van der Waals surface area contributed by atoms with E-state index in [9.17, 15) is 4.39 Å². The van der Waals surface area contributed by atoms with Crippen molar-refractivity contribution in [2.75, 3.05) is 0 Å². The highest BCUT2D eigenvalue weighted by molar-refractivity contribution is 7.17. The second kappa shape index (κ2) is 4.09. The SMILES string of the molecule is Fc1ccc(-c2cnc(Cl)c3sccc23)cc1. The van der Waals surface area contributed by atoms with E-state index in [0.29, 0.717) is 5.15 Å². The van der Waals surface area contributed by atoms with Gasteiger partial charge in [0.2, 0.25) is 0 Å². The van der Waals surface area contributed by atoms with E-state index in [2.05, 4.69) is 4.98 Å². The maximum Gasteiger partial charge on any atom is 0.146 e. The van der Waals surface area contributed by atoms with Gasteiger partial charge in [-0.3, -0.25) is 0 Å². The molecule has 4 heteroatoms. The molecule has 2 aromatic heterocycles. The van der Waals surface area contributed by atoms with Crippen molar-refractivity contribution in [1.82, 2.24) is 4.98 Å². The smallest absolute Gasteiger partial charge is 0.146 e. The third-order valence-electron chi connectivity index (χ3n) is 2.60. The molecule has 0 spiro atoms. The van der Waals surface area contributed by atoms with E-state index < -0.39 is 0 Å². The predicted molar refractivity (Wildman–Crippen MR) is 70.0 cm³/mol. The molecule has 1 aromatic carbocycles. The Hall–Kier alpha value is -1.45. The van der Waals surface area contributed by atoms with Crippen LogP contribution in [0.1, 0.15) is 0 Å². The molecule has 0 atom stereocenters. The first-order chi connectivity index (χ1) is 8.25. The predicted octanol–water partition coefficient (Wildman–Crippen LogP) is 4.76. The lowest BCUT2D eigenvalue weighted by molar-refractivity contribution is 0.628. The maximum atomic E-state index is 12.9. The second-order valence-electron chi connectivity index (χ2n) is 3.63. The van der Waals surface area contributed by atoms with Gasteiger partial charge < -0.3 is 0 Å². The molecule has 0 aliphatic heterocycles. The molecular weight excluding hydrogens is 257 g/mol. The fourth-order valence-electron chi connectivity index (χ4n) is 1.79. The van der Waals surface area contributed by atoms with Crippen LogP contribution in [0.25, 0.3) is 21.2 Å². The number of thiophene rings is 1. The van der Waals surface area contributed by atoms with Crippen LogP contribution >= 0.6 is 22.9 Å². The Morgan fingerprint density at radius 3 is 2.65 bits per heavy atom. The van der Waals surface area contributed by atoms with Crippen molar-refractivity contribution >= 4 is 33.0 Å². The summed E-state index contributed by atoms with van der Waals surface area (Å²) in [7, 11) is 0. The first-order valence-corrected chi connectivity index (χ1v) is 6.29. The van der Waals surface area contributed by atoms with Gasteiger partial charge in [0, 0.05) is 17.1 Å². The minimum absolute atomic E-state index is 0.239. The Bertz CT molecular complexity index is 675. The van der Waals surface area contributed by atoms with E-state index in [1.807, 2.05) is 11.4 Å². The molecule has 84 valence electrons. The topological polar surface area (TPSA) is 12.9 Å². The number of aromatic nitrogens is 1.